The Morgan fingerprint density at radius 1 is 0.969 bits per heavy atom. The largest absolute Gasteiger partial charge is 0.378 e. The third-order valence-electron chi connectivity index (χ3n) is 5.09. The molecule has 0 bridgehead atoms. The summed E-state index contributed by atoms with van der Waals surface area (Å²) in [5.74, 6) is -1.27. The zero-order chi connectivity index (χ0) is 22.9. The fraction of sp³-hybridized carbons (Fsp3) is 0.286. The Labute approximate surface area is 184 Å². The van der Waals surface area contributed by atoms with Crippen molar-refractivity contribution in [1.29, 1.82) is 0 Å². The van der Waals surface area contributed by atoms with Crippen molar-refractivity contribution in [3.8, 4) is 11.1 Å². The summed E-state index contributed by atoms with van der Waals surface area (Å²) in [4.78, 5) is 14.6. The molecule has 0 amide bonds. The monoisotopic (exact) mass is 461 g/mol. The average molecular weight is 461 g/mol. The number of rotatable bonds is 5. The molecule has 4 rings (SSSR count). The Kier molecular flexibility index (Phi) is 6.02. The predicted molar refractivity (Wildman–Crippen MR) is 115 cm³/mol. The van der Waals surface area contributed by atoms with E-state index in [1.807, 2.05) is 6.92 Å². The van der Waals surface area contributed by atoms with E-state index in [4.69, 9.17) is 4.74 Å². The average Bonchev–Trinajstić information content (AvgIpc) is 2.75. The lowest BCUT2D eigenvalue weighted by Crippen LogP contribution is -2.37. The second-order valence-electron chi connectivity index (χ2n) is 7.32. The van der Waals surface area contributed by atoms with E-state index in [1.54, 1.807) is 19.2 Å². The van der Waals surface area contributed by atoms with Crippen molar-refractivity contribution in [2.45, 2.75) is 18.7 Å². The smallest absolute Gasteiger partial charge is 0.262 e. The Bertz CT molecular complexity index is 1240. The van der Waals surface area contributed by atoms with Crippen LogP contribution in [0.2, 0.25) is 0 Å². The number of aryl methyl sites for hydroxylation is 2. The van der Waals surface area contributed by atoms with Crippen molar-refractivity contribution >= 4 is 21.5 Å². The number of morpholine rings is 1. The molecule has 0 radical (unpaired) electrons. The van der Waals surface area contributed by atoms with Crippen LogP contribution < -0.4 is 9.62 Å². The molecule has 8 nitrogen and oxygen atoms in total. The summed E-state index contributed by atoms with van der Waals surface area (Å²) in [7, 11) is -4.25. The van der Waals surface area contributed by atoms with Gasteiger partial charge in [-0.1, -0.05) is 0 Å². The first-order valence-electron chi connectivity index (χ1n) is 9.85. The zero-order valence-electron chi connectivity index (χ0n) is 17.5. The molecule has 2 aromatic heterocycles. The number of ether oxygens (including phenoxy) is 1. The van der Waals surface area contributed by atoms with Crippen molar-refractivity contribution in [3.05, 3.63) is 59.8 Å². The predicted octanol–water partition coefficient (Wildman–Crippen LogP) is 3.07. The highest BCUT2D eigenvalue weighted by atomic mass is 32.2. The van der Waals surface area contributed by atoms with E-state index in [2.05, 4.69) is 24.6 Å². The molecule has 0 atom stereocenters. The Morgan fingerprint density at radius 2 is 1.66 bits per heavy atom. The molecule has 0 aliphatic carbocycles. The fourth-order valence-corrected chi connectivity index (χ4v) is 4.62. The number of pyridine rings is 1. The molecule has 0 spiro atoms. The first-order valence-corrected chi connectivity index (χ1v) is 11.3. The van der Waals surface area contributed by atoms with Gasteiger partial charge in [-0.05, 0) is 32.0 Å². The van der Waals surface area contributed by atoms with Gasteiger partial charge in [0.15, 0.2) is 0 Å². The van der Waals surface area contributed by atoms with Gasteiger partial charge in [0.1, 0.15) is 23.8 Å². The minimum atomic E-state index is -4.25. The van der Waals surface area contributed by atoms with E-state index in [-0.39, 0.29) is 5.69 Å². The Morgan fingerprint density at radius 3 is 2.34 bits per heavy atom. The number of anilines is 2. The van der Waals surface area contributed by atoms with Gasteiger partial charge in [-0.25, -0.2) is 27.2 Å². The van der Waals surface area contributed by atoms with E-state index >= 15 is 0 Å². The quantitative estimate of drug-likeness (QED) is 0.624. The van der Waals surface area contributed by atoms with Crippen LogP contribution >= 0.6 is 0 Å². The molecule has 11 heteroatoms. The second kappa shape index (κ2) is 8.75. The van der Waals surface area contributed by atoms with Crippen LogP contribution in [0.3, 0.4) is 0 Å². The van der Waals surface area contributed by atoms with Crippen LogP contribution in [0.25, 0.3) is 11.1 Å². The number of hydrogen-bond acceptors (Lipinski definition) is 7. The summed E-state index contributed by atoms with van der Waals surface area (Å²) in [5.41, 5.74) is 2.62. The summed E-state index contributed by atoms with van der Waals surface area (Å²) in [6.45, 7) is 5.93. The van der Waals surface area contributed by atoms with Crippen molar-refractivity contribution in [2.24, 2.45) is 0 Å². The molecule has 32 heavy (non-hydrogen) atoms. The van der Waals surface area contributed by atoms with Gasteiger partial charge in [0.05, 0.1) is 35.2 Å². The summed E-state index contributed by atoms with van der Waals surface area (Å²) in [6, 6.07) is 3.73. The number of hydrogen-bond donors (Lipinski definition) is 1. The number of nitrogens with one attached hydrogen (secondary N) is 1. The van der Waals surface area contributed by atoms with E-state index in [0.29, 0.717) is 55.1 Å². The maximum Gasteiger partial charge on any atom is 0.262 e. The third-order valence-corrected chi connectivity index (χ3v) is 6.44. The molecule has 1 fully saturated rings. The molecule has 3 heterocycles. The molecule has 1 aromatic carbocycles. The van der Waals surface area contributed by atoms with Gasteiger partial charge in [0.25, 0.3) is 10.0 Å². The van der Waals surface area contributed by atoms with Crippen LogP contribution in [0.1, 0.15) is 11.4 Å². The molecule has 0 unspecified atom stereocenters. The van der Waals surface area contributed by atoms with Gasteiger partial charge in [-0.15, -0.1) is 0 Å². The molecule has 1 N–H and O–H groups in total. The molecule has 168 valence electrons. The molecule has 1 aliphatic heterocycles. The van der Waals surface area contributed by atoms with Crippen molar-refractivity contribution in [3.63, 3.8) is 0 Å². The summed E-state index contributed by atoms with van der Waals surface area (Å²) < 4.78 is 60.5. The molecule has 1 saturated heterocycles. The first kappa shape index (κ1) is 22.0. The van der Waals surface area contributed by atoms with Crippen LogP contribution in [0.15, 0.2) is 41.7 Å². The summed E-state index contributed by atoms with van der Waals surface area (Å²) in [5, 5.41) is 0. The molecular formula is C21H21F2N5O3S. The number of nitrogens with zero attached hydrogens (tertiary/aromatic N) is 4. The maximum absolute atomic E-state index is 13.6. The molecule has 0 saturated carbocycles. The van der Waals surface area contributed by atoms with E-state index in [9.17, 15) is 17.2 Å². The maximum atomic E-state index is 13.6. The van der Waals surface area contributed by atoms with Gasteiger partial charge in [0, 0.05) is 36.5 Å². The SMILES string of the molecule is Cc1ncc(-c2c(C)ncnc2N2CCOCC2)cc1NS(=O)(=O)c1cc(F)cc(F)c1. The van der Waals surface area contributed by atoms with Gasteiger partial charge in [-0.2, -0.15) is 0 Å². The van der Waals surface area contributed by atoms with Crippen molar-refractivity contribution in [1.82, 2.24) is 15.0 Å². The standard InChI is InChI=1S/C21H21F2N5O3S/c1-13-19(27-32(29,30)18-9-16(22)8-17(23)10-18)7-15(11-24-13)20-14(2)25-12-26-21(20)28-3-5-31-6-4-28/h7-12,27H,3-6H2,1-2H3. The van der Waals surface area contributed by atoms with Crippen LogP contribution in [-0.2, 0) is 14.8 Å². The minimum absolute atomic E-state index is 0.184. The third kappa shape index (κ3) is 4.53. The number of halogens is 2. The van der Waals surface area contributed by atoms with E-state index < -0.39 is 26.6 Å². The molecular weight excluding hydrogens is 440 g/mol. The first-order chi connectivity index (χ1) is 15.2. The Hall–Kier alpha value is -3.18. The Balaban J connectivity index is 1.74. The minimum Gasteiger partial charge on any atom is -0.378 e. The highest BCUT2D eigenvalue weighted by Crippen LogP contribution is 2.33. The van der Waals surface area contributed by atoms with Gasteiger partial charge in [0.2, 0.25) is 0 Å². The highest BCUT2D eigenvalue weighted by Gasteiger charge is 2.22. The van der Waals surface area contributed by atoms with Crippen LogP contribution in [0, 0.1) is 25.5 Å². The van der Waals surface area contributed by atoms with Crippen molar-refractivity contribution < 1.29 is 21.9 Å². The number of sulfonamides is 1. The zero-order valence-corrected chi connectivity index (χ0v) is 18.3. The lowest BCUT2D eigenvalue weighted by Gasteiger charge is -2.29. The molecule has 3 aromatic rings. The van der Waals surface area contributed by atoms with Crippen LogP contribution in [0.5, 0.6) is 0 Å². The number of benzene rings is 1. The van der Waals surface area contributed by atoms with E-state index in [1.165, 1.54) is 6.33 Å². The normalized spacial score (nSPS) is 14.4. The highest BCUT2D eigenvalue weighted by molar-refractivity contribution is 7.92. The summed E-state index contributed by atoms with van der Waals surface area (Å²) in [6.07, 6.45) is 3.10. The lowest BCUT2D eigenvalue weighted by molar-refractivity contribution is 0.122. The topological polar surface area (TPSA) is 97.3 Å². The van der Waals surface area contributed by atoms with Crippen LogP contribution in [-0.4, -0.2) is 49.7 Å². The van der Waals surface area contributed by atoms with Gasteiger partial charge in [-0.3, -0.25) is 9.71 Å². The van der Waals surface area contributed by atoms with Gasteiger partial charge < -0.3 is 9.64 Å². The lowest BCUT2D eigenvalue weighted by atomic mass is 10.0. The second-order valence-corrected chi connectivity index (χ2v) is 9.01. The van der Waals surface area contributed by atoms with E-state index in [0.717, 1.165) is 17.7 Å². The number of aromatic nitrogens is 3. The summed E-state index contributed by atoms with van der Waals surface area (Å²) >= 11 is 0. The van der Waals surface area contributed by atoms with Gasteiger partial charge >= 0.3 is 0 Å². The van der Waals surface area contributed by atoms with Crippen molar-refractivity contribution in [2.75, 3.05) is 35.9 Å². The molecule has 1 aliphatic rings. The van der Waals surface area contributed by atoms with Crippen LogP contribution in [0.4, 0.5) is 20.3 Å². The fourth-order valence-electron chi connectivity index (χ4n) is 3.47.